The summed E-state index contributed by atoms with van der Waals surface area (Å²) in [4.78, 5) is 20.3. The number of hydrogen-bond acceptors (Lipinski definition) is 7. The number of rotatable bonds is 3. The molecule has 1 aliphatic heterocycles. The van der Waals surface area contributed by atoms with Crippen molar-refractivity contribution in [3.63, 3.8) is 0 Å². The van der Waals surface area contributed by atoms with Crippen molar-refractivity contribution in [1.29, 1.82) is 5.26 Å². The van der Waals surface area contributed by atoms with Gasteiger partial charge in [-0.15, -0.1) is 5.10 Å². The first kappa shape index (κ1) is 16.6. The van der Waals surface area contributed by atoms with E-state index in [0.717, 1.165) is 5.56 Å². The van der Waals surface area contributed by atoms with Gasteiger partial charge in [-0.3, -0.25) is 4.79 Å². The molecule has 1 aliphatic rings. The van der Waals surface area contributed by atoms with E-state index in [9.17, 15) is 10.1 Å². The largest absolute Gasteiger partial charge is 0.365 e. The monoisotopic (exact) mass is 337 g/mol. The molecule has 8 heteroatoms. The van der Waals surface area contributed by atoms with Crippen LogP contribution in [0.4, 0.5) is 11.6 Å². The maximum atomic E-state index is 11.9. The van der Waals surface area contributed by atoms with Gasteiger partial charge in [0.05, 0.1) is 16.8 Å². The van der Waals surface area contributed by atoms with E-state index in [4.69, 9.17) is 5.73 Å². The molecule has 2 aromatic rings. The maximum Gasteiger partial charge on any atom is 0.252 e. The number of nitrogens with two attached hydrogens (primary N) is 1. The van der Waals surface area contributed by atoms with Crippen molar-refractivity contribution in [2.45, 2.75) is 13.8 Å². The van der Waals surface area contributed by atoms with Crippen molar-refractivity contribution in [3.05, 3.63) is 40.7 Å². The second-order valence-corrected chi connectivity index (χ2v) is 5.93. The first-order valence-corrected chi connectivity index (χ1v) is 8.01. The lowest BCUT2D eigenvalue weighted by Gasteiger charge is -2.36. The fourth-order valence-corrected chi connectivity index (χ4v) is 2.98. The van der Waals surface area contributed by atoms with E-state index in [1.807, 2.05) is 11.8 Å². The second-order valence-electron chi connectivity index (χ2n) is 5.93. The molecule has 0 radical (unpaired) electrons. The van der Waals surface area contributed by atoms with Crippen LogP contribution in [0.2, 0.25) is 0 Å². The van der Waals surface area contributed by atoms with Gasteiger partial charge < -0.3 is 15.5 Å². The van der Waals surface area contributed by atoms with Crippen LogP contribution >= 0.6 is 0 Å². The molecular formula is C17H19N7O. The van der Waals surface area contributed by atoms with Gasteiger partial charge in [0.15, 0.2) is 5.82 Å². The Bertz CT molecular complexity index is 851. The molecular weight excluding hydrogens is 318 g/mol. The Labute approximate surface area is 145 Å². The lowest BCUT2D eigenvalue weighted by molar-refractivity contribution is 0.0999. The second kappa shape index (κ2) is 6.73. The summed E-state index contributed by atoms with van der Waals surface area (Å²) in [5, 5.41) is 17.6. The van der Waals surface area contributed by atoms with Crippen molar-refractivity contribution >= 4 is 17.5 Å². The Morgan fingerprint density at radius 3 is 2.40 bits per heavy atom. The number of anilines is 2. The highest BCUT2D eigenvalue weighted by molar-refractivity contribution is 5.99. The lowest BCUT2D eigenvalue weighted by Crippen LogP contribution is -2.48. The number of piperazine rings is 1. The molecule has 3 rings (SSSR count). The summed E-state index contributed by atoms with van der Waals surface area (Å²) in [5.74, 6) is 0.715. The predicted octanol–water partition coefficient (Wildman–Crippen LogP) is 0.786. The van der Waals surface area contributed by atoms with E-state index in [1.165, 1.54) is 0 Å². The highest BCUT2D eigenvalue weighted by atomic mass is 16.1. The highest BCUT2D eigenvalue weighted by Gasteiger charge is 2.26. The van der Waals surface area contributed by atoms with Crippen LogP contribution in [0.15, 0.2) is 18.3 Å². The molecule has 128 valence electrons. The van der Waals surface area contributed by atoms with E-state index in [-0.39, 0.29) is 0 Å². The van der Waals surface area contributed by atoms with Gasteiger partial charge in [-0.1, -0.05) is 0 Å². The van der Waals surface area contributed by atoms with Gasteiger partial charge in [0.2, 0.25) is 0 Å². The standard InChI is InChI=1S/C17H19N7O/c1-11-12(2)21-22-17(14(11)15(19)25)24-8-6-23(7-9-24)16-13(10-18)4-3-5-20-16/h3-5H,6-9H2,1-2H3,(H2,19,25). The van der Waals surface area contributed by atoms with Gasteiger partial charge in [-0.25, -0.2) is 4.98 Å². The van der Waals surface area contributed by atoms with Gasteiger partial charge in [-0.05, 0) is 31.5 Å². The van der Waals surface area contributed by atoms with Crippen molar-refractivity contribution < 1.29 is 4.79 Å². The van der Waals surface area contributed by atoms with Crippen LogP contribution in [0.25, 0.3) is 0 Å². The summed E-state index contributed by atoms with van der Waals surface area (Å²) < 4.78 is 0. The number of hydrogen-bond donors (Lipinski definition) is 1. The SMILES string of the molecule is Cc1nnc(N2CCN(c3ncccc3C#N)CC2)c(C(N)=O)c1C. The topological polar surface area (TPSA) is 112 Å². The van der Waals surface area contributed by atoms with Gasteiger partial charge >= 0.3 is 0 Å². The molecule has 0 unspecified atom stereocenters. The summed E-state index contributed by atoms with van der Waals surface area (Å²) in [7, 11) is 0. The lowest BCUT2D eigenvalue weighted by atomic mass is 10.1. The average Bonchev–Trinajstić information content (AvgIpc) is 2.63. The zero-order chi connectivity index (χ0) is 18.0. The van der Waals surface area contributed by atoms with E-state index < -0.39 is 5.91 Å². The molecule has 0 bridgehead atoms. The van der Waals surface area contributed by atoms with Crippen LogP contribution in [-0.4, -0.2) is 47.3 Å². The predicted molar refractivity (Wildman–Crippen MR) is 93.4 cm³/mol. The summed E-state index contributed by atoms with van der Waals surface area (Å²) in [6, 6.07) is 5.68. The number of aromatic nitrogens is 3. The molecule has 8 nitrogen and oxygen atoms in total. The molecule has 3 heterocycles. The molecule has 1 saturated heterocycles. The third-order valence-electron chi connectivity index (χ3n) is 4.47. The molecule has 25 heavy (non-hydrogen) atoms. The Morgan fingerprint density at radius 1 is 1.16 bits per heavy atom. The summed E-state index contributed by atoms with van der Waals surface area (Å²) in [6.07, 6.45) is 1.68. The number of amides is 1. The van der Waals surface area contributed by atoms with Crippen molar-refractivity contribution in [2.24, 2.45) is 5.73 Å². The molecule has 2 aromatic heterocycles. The Morgan fingerprint density at radius 2 is 1.80 bits per heavy atom. The number of carbonyl (C=O) groups is 1. The van der Waals surface area contributed by atoms with E-state index in [2.05, 4.69) is 26.2 Å². The van der Waals surface area contributed by atoms with Gasteiger partial charge in [-0.2, -0.15) is 10.4 Å². The van der Waals surface area contributed by atoms with Gasteiger partial charge in [0.25, 0.3) is 5.91 Å². The van der Waals surface area contributed by atoms with E-state index >= 15 is 0 Å². The average molecular weight is 337 g/mol. The molecule has 2 N–H and O–H groups in total. The molecule has 1 fully saturated rings. The molecule has 1 amide bonds. The Balaban J connectivity index is 1.83. The number of pyridine rings is 1. The third-order valence-corrected chi connectivity index (χ3v) is 4.47. The Hall–Kier alpha value is -3.21. The Kier molecular flexibility index (Phi) is 4.48. The number of aryl methyl sites for hydroxylation is 1. The van der Waals surface area contributed by atoms with Crippen LogP contribution in [0, 0.1) is 25.2 Å². The number of nitriles is 1. The quantitative estimate of drug-likeness (QED) is 0.881. The van der Waals surface area contributed by atoms with Gasteiger partial charge in [0, 0.05) is 32.4 Å². The summed E-state index contributed by atoms with van der Waals surface area (Å²) >= 11 is 0. The number of nitrogens with zero attached hydrogens (tertiary/aromatic N) is 6. The smallest absolute Gasteiger partial charge is 0.252 e. The minimum absolute atomic E-state index is 0.427. The molecule has 0 aliphatic carbocycles. The minimum Gasteiger partial charge on any atom is -0.365 e. The highest BCUT2D eigenvalue weighted by Crippen LogP contribution is 2.24. The number of carbonyl (C=O) groups excluding carboxylic acids is 1. The molecule has 0 aromatic carbocycles. The van der Waals surface area contributed by atoms with E-state index in [0.29, 0.717) is 54.6 Å². The number of primary amides is 1. The van der Waals surface area contributed by atoms with E-state index in [1.54, 1.807) is 25.3 Å². The first-order valence-electron chi connectivity index (χ1n) is 8.01. The summed E-state index contributed by atoms with van der Waals surface area (Å²) in [6.45, 7) is 6.24. The zero-order valence-corrected chi connectivity index (χ0v) is 14.2. The van der Waals surface area contributed by atoms with Crippen molar-refractivity contribution in [1.82, 2.24) is 15.2 Å². The van der Waals surface area contributed by atoms with Gasteiger partial charge in [0.1, 0.15) is 11.9 Å². The van der Waals surface area contributed by atoms with Crippen molar-refractivity contribution in [2.75, 3.05) is 36.0 Å². The van der Waals surface area contributed by atoms with Crippen LogP contribution in [0.3, 0.4) is 0 Å². The third kappa shape index (κ3) is 3.08. The maximum absolute atomic E-state index is 11.9. The molecule has 0 spiro atoms. The summed E-state index contributed by atoms with van der Waals surface area (Å²) in [5.41, 5.74) is 8.00. The van der Waals surface area contributed by atoms with Crippen LogP contribution < -0.4 is 15.5 Å². The zero-order valence-electron chi connectivity index (χ0n) is 14.2. The van der Waals surface area contributed by atoms with Crippen LogP contribution in [0.5, 0.6) is 0 Å². The molecule has 0 atom stereocenters. The van der Waals surface area contributed by atoms with Crippen molar-refractivity contribution in [3.8, 4) is 6.07 Å². The minimum atomic E-state index is -0.496. The normalized spacial score (nSPS) is 14.3. The van der Waals surface area contributed by atoms with Crippen LogP contribution in [0.1, 0.15) is 27.2 Å². The van der Waals surface area contributed by atoms with Crippen LogP contribution in [-0.2, 0) is 0 Å². The molecule has 0 saturated carbocycles. The first-order chi connectivity index (χ1) is 12.0. The fraction of sp³-hybridized carbons (Fsp3) is 0.353. The fourth-order valence-electron chi connectivity index (χ4n) is 2.98.